The second kappa shape index (κ2) is 9.10. The third kappa shape index (κ3) is 5.87. The van der Waals surface area contributed by atoms with E-state index in [1.54, 1.807) is 7.11 Å². The molecule has 4 nitrogen and oxygen atoms in total. The summed E-state index contributed by atoms with van der Waals surface area (Å²) in [7, 11) is 1.63. The zero-order chi connectivity index (χ0) is 16.5. The first-order chi connectivity index (χ1) is 11.2. The van der Waals surface area contributed by atoms with Gasteiger partial charge in [-0.15, -0.1) is 11.8 Å². The Morgan fingerprint density at radius 2 is 1.78 bits per heavy atom. The maximum Gasteiger partial charge on any atom is 0.233 e. The number of para-hydroxylation sites is 1. The molecule has 0 unspecified atom stereocenters. The third-order valence-corrected chi connectivity index (χ3v) is 4.27. The van der Waals surface area contributed by atoms with Gasteiger partial charge in [-0.1, -0.05) is 18.2 Å². The number of benzene rings is 2. The highest BCUT2D eigenvalue weighted by molar-refractivity contribution is 8.00. The number of carbonyl (C=O) groups excluding carboxylic acids is 1. The van der Waals surface area contributed by atoms with E-state index in [0.717, 1.165) is 16.4 Å². The number of carbonyl (C=O) groups is 1. The average molecular weight is 331 g/mol. The predicted molar refractivity (Wildman–Crippen MR) is 93.3 cm³/mol. The van der Waals surface area contributed by atoms with E-state index in [1.165, 1.54) is 11.8 Å². The highest BCUT2D eigenvalue weighted by Crippen LogP contribution is 2.25. The third-order valence-electron chi connectivity index (χ3n) is 3.15. The fourth-order valence-corrected chi connectivity index (χ4v) is 2.81. The van der Waals surface area contributed by atoms with Crippen LogP contribution in [-0.2, 0) is 4.79 Å². The van der Waals surface area contributed by atoms with Gasteiger partial charge in [0.2, 0.25) is 5.91 Å². The number of thioether (sulfide) groups is 1. The average Bonchev–Trinajstić information content (AvgIpc) is 2.60. The van der Waals surface area contributed by atoms with Crippen LogP contribution in [-0.4, -0.2) is 31.4 Å². The minimum atomic E-state index is -0.167. The molecule has 23 heavy (non-hydrogen) atoms. The highest BCUT2D eigenvalue weighted by Gasteiger charge is 2.13. The van der Waals surface area contributed by atoms with Crippen molar-refractivity contribution in [2.45, 2.75) is 17.1 Å². The first kappa shape index (κ1) is 17.2. The molecule has 0 fully saturated rings. The molecule has 0 saturated carbocycles. The number of rotatable bonds is 8. The maximum absolute atomic E-state index is 12.1. The second-order valence-corrected chi connectivity index (χ2v) is 6.30. The van der Waals surface area contributed by atoms with Gasteiger partial charge < -0.3 is 14.8 Å². The van der Waals surface area contributed by atoms with E-state index in [9.17, 15) is 4.79 Å². The lowest BCUT2D eigenvalue weighted by molar-refractivity contribution is -0.120. The Balaban J connectivity index is 1.69. The molecule has 1 N–H and O–H groups in total. The van der Waals surface area contributed by atoms with Crippen molar-refractivity contribution in [1.29, 1.82) is 0 Å². The number of methoxy groups -OCH3 is 1. The van der Waals surface area contributed by atoms with Crippen molar-refractivity contribution in [2.24, 2.45) is 0 Å². The van der Waals surface area contributed by atoms with E-state index in [-0.39, 0.29) is 11.2 Å². The fourth-order valence-electron chi connectivity index (χ4n) is 1.92. The Hall–Kier alpha value is -2.14. The molecule has 1 atom stereocenters. The van der Waals surface area contributed by atoms with E-state index in [0.29, 0.717) is 13.2 Å². The standard InChI is InChI=1S/C18H21NO3S/c1-14(23-17-10-8-15(21-2)9-11-17)18(20)19-12-13-22-16-6-4-3-5-7-16/h3-11,14H,12-13H2,1-2H3,(H,19,20)/t14-/m0/s1. The van der Waals surface area contributed by atoms with Gasteiger partial charge in [0.1, 0.15) is 18.1 Å². The van der Waals surface area contributed by atoms with Crippen LogP contribution < -0.4 is 14.8 Å². The predicted octanol–water partition coefficient (Wildman–Crippen LogP) is 3.37. The van der Waals surface area contributed by atoms with Crippen molar-refractivity contribution in [1.82, 2.24) is 5.32 Å². The van der Waals surface area contributed by atoms with Crippen LogP contribution in [0.15, 0.2) is 59.5 Å². The van der Waals surface area contributed by atoms with Gasteiger partial charge >= 0.3 is 0 Å². The summed E-state index contributed by atoms with van der Waals surface area (Å²) >= 11 is 1.52. The molecular formula is C18H21NO3S. The summed E-state index contributed by atoms with van der Waals surface area (Å²) in [5.74, 6) is 1.62. The zero-order valence-corrected chi connectivity index (χ0v) is 14.1. The van der Waals surface area contributed by atoms with Gasteiger partial charge in [0.15, 0.2) is 0 Å². The van der Waals surface area contributed by atoms with Crippen molar-refractivity contribution >= 4 is 17.7 Å². The van der Waals surface area contributed by atoms with Crippen molar-refractivity contribution in [2.75, 3.05) is 20.3 Å². The van der Waals surface area contributed by atoms with Crippen molar-refractivity contribution in [3.63, 3.8) is 0 Å². The molecule has 5 heteroatoms. The molecule has 0 aliphatic carbocycles. The van der Waals surface area contributed by atoms with Crippen molar-refractivity contribution < 1.29 is 14.3 Å². The largest absolute Gasteiger partial charge is 0.497 e. The van der Waals surface area contributed by atoms with E-state index in [1.807, 2.05) is 61.5 Å². The van der Waals surface area contributed by atoms with Crippen LogP contribution in [0.5, 0.6) is 11.5 Å². The van der Waals surface area contributed by atoms with Crippen molar-refractivity contribution in [3.8, 4) is 11.5 Å². The van der Waals surface area contributed by atoms with Gasteiger partial charge in [0.25, 0.3) is 0 Å². The summed E-state index contributed by atoms with van der Waals surface area (Å²) in [6.07, 6.45) is 0. The second-order valence-electron chi connectivity index (χ2n) is 4.89. The van der Waals surface area contributed by atoms with Crippen LogP contribution in [0.3, 0.4) is 0 Å². The Morgan fingerprint density at radius 1 is 1.09 bits per heavy atom. The lowest BCUT2D eigenvalue weighted by Gasteiger charge is -2.12. The van der Waals surface area contributed by atoms with Crippen LogP contribution in [0, 0.1) is 0 Å². The molecule has 0 saturated heterocycles. The molecule has 0 heterocycles. The van der Waals surface area contributed by atoms with E-state index in [2.05, 4.69) is 5.32 Å². The summed E-state index contributed by atoms with van der Waals surface area (Å²) in [5, 5.41) is 2.72. The summed E-state index contributed by atoms with van der Waals surface area (Å²) in [6, 6.07) is 17.2. The first-order valence-electron chi connectivity index (χ1n) is 7.45. The van der Waals surface area contributed by atoms with Crippen LogP contribution in [0.2, 0.25) is 0 Å². The molecule has 0 aliphatic heterocycles. The van der Waals surface area contributed by atoms with Gasteiger partial charge in [0.05, 0.1) is 18.9 Å². The van der Waals surface area contributed by atoms with Crippen LogP contribution >= 0.6 is 11.8 Å². The number of hydrogen-bond acceptors (Lipinski definition) is 4. The first-order valence-corrected chi connectivity index (χ1v) is 8.33. The maximum atomic E-state index is 12.1. The van der Waals surface area contributed by atoms with E-state index in [4.69, 9.17) is 9.47 Å². The quantitative estimate of drug-likeness (QED) is 0.595. The lowest BCUT2D eigenvalue weighted by atomic mass is 10.3. The molecule has 1 amide bonds. The lowest BCUT2D eigenvalue weighted by Crippen LogP contribution is -2.33. The molecule has 122 valence electrons. The number of nitrogens with one attached hydrogen (secondary N) is 1. The van der Waals surface area contributed by atoms with E-state index >= 15 is 0 Å². The topological polar surface area (TPSA) is 47.6 Å². The van der Waals surface area contributed by atoms with Gasteiger partial charge in [-0.25, -0.2) is 0 Å². The number of hydrogen-bond donors (Lipinski definition) is 1. The van der Waals surface area contributed by atoms with Gasteiger partial charge in [0, 0.05) is 4.90 Å². The van der Waals surface area contributed by atoms with Gasteiger partial charge in [-0.05, 0) is 43.3 Å². The van der Waals surface area contributed by atoms with Crippen LogP contribution in [0.4, 0.5) is 0 Å². The summed E-state index contributed by atoms with van der Waals surface area (Å²) < 4.78 is 10.7. The highest BCUT2D eigenvalue weighted by atomic mass is 32.2. The van der Waals surface area contributed by atoms with Crippen LogP contribution in [0.1, 0.15) is 6.92 Å². The fraction of sp³-hybridized carbons (Fsp3) is 0.278. The summed E-state index contributed by atoms with van der Waals surface area (Å²) in [6.45, 7) is 2.83. The molecule has 0 aliphatic rings. The Labute approximate surface area is 141 Å². The minimum absolute atomic E-state index is 0.00230. The molecule has 0 bridgehead atoms. The molecular weight excluding hydrogens is 310 g/mol. The van der Waals surface area contributed by atoms with Crippen LogP contribution in [0.25, 0.3) is 0 Å². The molecule has 2 aromatic carbocycles. The van der Waals surface area contributed by atoms with Gasteiger partial charge in [-0.3, -0.25) is 4.79 Å². The monoisotopic (exact) mass is 331 g/mol. The summed E-state index contributed by atoms with van der Waals surface area (Å²) in [4.78, 5) is 13.1. The SMILES string of the molecule is COc1ccc(S[C@@H](C)C(=O)NCCOc2ccccc2)cc1. The van der Waals surface area contributed by atoms with E-state index < -0.39 is 0 Å². The molecule has 0 spiro atoms. The number of amides is 1. The summed E-state index contributed by atoms with van der Waals surface area (Å²) in [5.41, 5.74) is 0. The molecule has 0 radical (unpaired) electrons. The Bertz CT molecular complexity index is 601. The Morgan fingerprint density at radius 3 is 2.43 bits per heavy atom. The minimum Gasteiger partial charge on any atom is -0.497 e. The van der Waals surface area contributed by atoms with Crippen molar-refractivity contribution in [3.05, 3.63) is 54.6 Å². The zero-order valence-electron chi connectivity index (χ0n) is 13.3. The molecule has 0 aromatic heterocycles. The molecule has 2 aromatic rings. The normalized spacial score (nSPS) is 11.6. The van der Waals surface area contributed by atoms with Gasteiger partial charge in [-0.2, -0.15) is 0 Å². The Kier molecular flexibility index (Phi) is 6.81. The number of ether oxygens (including phenoxy) is 2. The smallest absolute Gasteiger partial charge is 0.233 e. The molecule has 2 rings (SSSR count).